The molecule has 0 saturated carbocycles. The number of rotatable bonds is 3. The third-order valence-corrected chi connectivity index (χ3v) is 2.47. The van der Waals surface area contributed by atoms with Crippen molar-refractivity contribution < 1.29 is 9.53 Å². The molecule has 2 aromatic rings. The number of carbonyl (C=O) groups excluding carboxylic acids is 1. The van der Waals surface area contributed by atoms with Gasteiger partial charge in [0, 0.05) is 6.08 Å². The van der Waals surface area contributed by atoms with Crippen molar-refractivity contribution in [2.75, 3.05) is 0 Å². The first-order valence-electron chi connectivity index (χ1n) is 5.45. The van der Waals surface area contributed by atoms with Crippen molar-refractivity contribution in [1.82, 2.24) is 0 Å². The van der Waals surface area contributed by atoms with Crippen LogP contribution in [0, 0.1) is 0 Å². The quantitative estimate of drug-likeness (QED) is 0.612. The molecular weight excluding hydrogens is 248 g/mol. The standard InChI is InChI=1S/C15H11ClO2/c16-14(11-12-7-3-1-4-8-12)18-15(17)13-9-5-2-6-10-13/h1-11H. The van der Waals surface area contributed by atoms with Gasteiger partial charge in [-0.3, -0.25) is 0 Å². The van der Waals surface area contributed by atoms with Gasteiger partial charge < -0.3 is 4.74 Å². The molecule has 0 aromatic heterocycles. The van der Waals surface area contributed by atoms with E-state index in [-0.39, 0.29) is 5.22 Å². The molecule has 2 rings (SSSR count). The van der Waals surface area contributed by atoms with Crippen LogP contribution >= 0.6 is 11.6 Å². The number of hydrogen-bond donors (Lipinski definition) is 0. The normalized spacial score (nSPS) is 11.1. The Kier molecular flexibility index (Phi) is 4.15. The molecule has 0 amide bonds. The molecule has 90 valence electrons. The largest absolute Gasteiger partial charge is 0.410 e. The van der Waals surface area contributed by atoms with Crippen molar-refractivity contribution in [3.63, 3.8) is 0 Å². The van der Waals surface area contributed by atoms with Crippen LogP contribution in [-0.4, -0.2) is 5.97 Å². The Morgan fingerprint density at radius 2 is 1.50 bits per heavy atom. The summed E-state index contributed by atoms with van der Waals surface area (Å²) in [4.78, 5) is 11.7. The number of ether oxygens (including phenoxy) is 1. The summed E-state index contributed by atoms with van der Waals surface area (Å²) in [6.45, 7) is 0. The van der Waals surface area contributed by atoms with E-state index in [2.05, 4.69) is 0 Å². The second-order valence-electron chi connectivity index (χ2n) is 3.61. The first-order valence-corrected chi connectivity index (χ1v) is 5.83. The fraction of sp³-hybridized carbons (Fsp3) is 0. The summed E-state index contributed by atoms with van der Waals surface area (Å²) in [6.07, 6.45) is 1.60. The lowest BCUT2D eigenvalue weighted by atomic mass is 10.2. The van der Waals surface area contributed by atoms with Crippen LogP contribution in [0.25, 0.3) is 6.08 Å². The monoisotopic (exact) mass is 258 g/mol. The van der Waals surface area contributed by atoms with Crippen LogP contribution in [0.2, 0.25) is 0 Å². The molecule has 2 aromatic carbocycles. The SMILES string of the molecule is O=C(OC(Cl)=Cc1ccccc1)c1ccccc1. The van der Waals surface area contributed by atoms with E-state index >= 15 is 0 Å². The molecule has 0 aliphatic heterocycles. The van der Waals surface area contributed by atoms with Gasteiger partial charge in [-0.1, -0.05) is 48.5 Å². The maximum Gasteiger partial charge on any atom is 0.344 e. The van der Waals surface area contributed by atoms with Crippen molar-refractivity contribution in [1.29, 1.82) is 0 Å². The summed E-state index contributed by atoms with van der Waals surface area (Å²) < 4.78 is 5.03. The molecule has 0 N–H and O–H groups in total. The summed E-state index contributed by atoms with van der Waals surface area (Å²) in [6, 6.07) is 18.1. The van der Waals surface area contributed by atoms with E-state index < -0.39 is 5.97 Å². The Bertz CT molecular complexity index is 547. The summed E-state index contributed by atoms with van der Waals surface area (Å²) in [5.41, 5.74) is 1.35. The van der Waals surface area contributed by atoms with Gasteiger partial charge in [0.15, 0.2) is 5.22 Å². The predicted molar refractivity (Wildman–Crippen MR) is 72.1 cm³/mol. The zero-order valence-corrected chi connectivity index (χ0v) is 10.3. The highest BCUT2D eigenvalue weighted by Gasteiger charge is 2.07. The van der Waals surface area contributed by atoms with E-state index in [1.165, 1.54) is 0 Å². The number of hydrogen-bond acceptors (Lipinski definition) is 2. The third kappa shape index (κ3) is 3.47. The van der Waals surface area contributed by atoms with Crippen LogP contribution in [0.1, 0.15) is 15.9 Å². The smallest absolute Gasteiger partial charge is 0.344 e. The van der Waals surface area contributed by atoms with Gasteiger partial charge in [-0.15, -0.1) is 0 Å². The van der Waals surface area contributed by atoms with E-state index in [9.17, 15) is 4.79 Å². The van der Waals surface area contributed by atoms with Crippen molar-refractivity contribution in [3.05, 3.63) is 77.0 Å². The molecular formula is C15H11ClO2. The van der Waals surface area contributed by atoms with Gasteiger partial charge in [0.2, 0.25) is 0 Å². The molecule has 0 saturated heterocycles. The molecule has 0 aliphatic carbocycles. The van der Waals surface area contributed by atoms with Crippen molar-refractivity contribution >= 4 is 23.6 Å². The second kappa shape index (κ2) is 6.03. The minimum atomic E-state index is -0.465. The summed E-state index contributed by atoms with van der Waals surface area (Å²) in [5, 5.41) is 0.0510. The Morgan fingerprint density at radius 3 is 2.11 bits per heavy atom. The Hall–Kier alpha value is -2.06. The average molecular weight is 259 g/mol. The Balaban J connectivity index is 2.06. The summed E-state index contributed by atoms with van der Waals surface area (Å²) >= 11 is 5.88. The van der Waals surface area contributed by atoms with Crippen molar-refractivity contribution in [2.24, 2.45) is 0 Å². The molecule has 0 atom stereocenters. The number of benzene rings is 2. The van der Waals surface area contributed by atoms with Crippen LogP contribution in [0.5, 0.6) is 0 Å². The zero-order valence-electron chi connectivity index (χ0n) is 9.55. The van der Waals surface area contributed by atoms with Crippen molar-refractivity contribution in [2.45, 2.75) is 0 Å². The maximum absolute atomic E-state index is 11.7. The molecule has 0 heterocycles. The van der Waals surface area contributed by atoms with E-state index in [1.807, 2.05) is 36.4 Å². The molecule has 2 nitrogen and oxygen atoms in total. The zero-order chi connectivity index (χ0) is 12.8. The average Bonchev–Trinajstić information content (AvgIpc) is 2.40. The second-order valence-corrected chi connectivity index (χ2v) is 3.99. The highest BCUT2D eigenvalue weighted by molar-refractivity contribution is 6.31. The van der Waals surface area contributed by atoms with E-state index in [0.717, 1.165) is 5.56 Å². The van der Waals surface area contributed by atoms with Crippen LogP contribution < -0.4 is 0 Å². The molecule has 0 bridgehead atoms. The summed E-state index contributed by atoms with van der Waals surface area (Å²) in [7, 11) is 0. The lowest BCUT2D eigenvalue weighted by Crippen LogP contribution is -2.02. The van der Waals surface area contributed by atoms with E-state index in [4.69, 9.17) is 16.3 Å². The van der Waals surface area contributed by atoms with Crippen LogP contribution in [0.4, 0.5) is 0 Å². The Labute approximate surface area is 110 Å². The van der Waals surface area contributed by atoms with Gasteiger partial charge in [0.25, 0.3) is 0 Å². The molecule has 0 aliphatic rings. The first kappa shape index (κ1) is 12.4. The molecule has 0 radical (unpaired) electrons. The molecule has 18 heavy (non-hydrogen) atoms. The Morgan fingerprint density at radius 1 is 0.944 bits per heavy atom. The molecule has 0 unspecified atom stereocenters. The molecule has 0 spiro atoms. The first-order chi connectivity index (χ1) is 8.75. The van der Waals surface area contributed by atoms with E-state index in [1.54, 1.807) is 30.3 Å². The topological polar surface area (TPSA) is 26.3 Å². The van der Waals surface area contributed by atoms with Crippen molar-refractivity contribution in [3.8, 4) is 0 Å². The van der Waals surface area contributed by atoms with Gasteiger partial charge in [-0.05, 0) is 29.3 Å². The van der Waals surface area contributed by atoms with Gasteiger partial charge in [0.1, 0.15) is 0 Å². The predicted octanol–water partition coefficient (Wildman–Crippen LogP) is 4.08. The van der Waals surface area contributed by atoms with Gasteiger partial charge in [-0.25, -0.2) is 4.79 Å². The third-order valence-electron chi connectivity index (χ3n) is 2.28. The van der Waals surface area contributed by atoms with Crippen LogP contribution in [0.3, 0.4) is 0 Å². The fourth-order valence-electron chi connectivity index (χ4n) is 1.43. The fourth-order valence-corrected chi connectivity index (χ4v) is 1.63. The van der Waals surface area contributed by atoms with Gasteiger partial charge >= 0.3 is 5.97 Å². The van der Waals surface area contributed by atoms with Crippen LogP contribution in [-0.2, 0) is 4.74 Å². The minimum Gasteiger partial charge on any atom is -0.410 e. The number of esters is 1. The van der Waals surface area contributed by atoms with Crippen LogP contribution in [0.15, 0.2) is 65.9 Å². The lowest BCUT2D eigenvalue weighted by molar-refractivity contribution is 0.0652. The van der Waals surface area contributed by atoms with E-state index in [0.29, 0.717) is 5.56 Å². The summed E-state index contributed by atoms with van der Waals surface area (Å²) in [5.74, 6) is -0.465. The number of halogens is 1. The van der Waals surface area contributed by atoms with Gasteiger partial charge in [-0.2, -0.15) is 0 Å². The highest BCUT2D eigenvalue weighted by Crippen LogP contribution is 2.13. The highest BCUT2D eigenvalue weighted by atomic mass is 35.5. The maximum atomic E-state index is 11.7. The van der Waals surface area contributed by atoms with Gasteiger partial charge in [0.05, 0.1) is 5.56 Å². The minimum absolute atomic E-state index is 0.0510. The number of carbonyl (C=O) groups is 1. The lowest BCUT2D eigenvalue weighted by Gasteiger charge is -2.02. The molecule has 3 heteroatoms. The molecule has 0 fully saturated rings.